The Balaban J connectivity index is 1.84. The number of hydrogen-bond acceptors (Lipinski definition) is 2. The second kappa shape index (κ2) is 8.43. The van der Waals surface area contributed by atoms with E-state index >= 15 is 0 Å². The molecule has 1 saturated heterocycles. The molecular weight excluding hydrogens is 372 g/mol. The van der Waals surface area contributed by atoms with Gasteiger partial charge in [-0.2, -0.15) is 13.2 Å². The first-order chi connectivity index (χ1) is 13.3. The number of carbonyl (C=O) groups is 1. The molecular formula is C22H22F4O2. The predicted octanol–water partition coefficient (Wildman–Crippen LogP) is 5.75. The number of aryl methyl sites for hydroxylation is 2. The average Bonchev–Trinajstić information content (AvgIpc) is 2.66. The second-order valence-corrected chi connectivity index (χ2v) is 7.29. The van der Waals surface area contributed by atoms with Crippen LogP contribution in [-0.4, -0.2) is 19.0 Å². The summed E-state index contributed by atoms with van der Waals surface area (Å²) in [5.41, 5.74) is 0.0322. The van der Waals surface area contributed by atoms with Crippen molar-refractivity contribution in [1.29, 1.82) is 0 Å². The molecule has 1 aliphatic rings. The lowest BCUT2D eigenvalue weighted by Gasteiger charge is -2.26. The van der Waals surface area contributed by atoms with Crippen LogP contribution in [0.3, 0.4) is 0 Å². The fraction of sp³-hybridized carbons (Fsp3) is 0.409. The van der Waals surface area contributed by atoms with Crippen molar-refractivity contribution in [2.24, 2.45) is 5.92 Å². The summed E-state index contributed by atoms with van der Waals surface area (Å²) < 4.78 is 61.3. The van der Waals surface area contributed by atoms with Crippen LogP contribution in [0.15, 0.2) is 36.4 Å². The molecule has 28 heavy (non-hydrogen) atoms. The van der Waals surface area contributed by atoms with Crippen molar-refractivity contribution in [2.45, 2.75) is 44.9 Å². The van der Waals surface area contributed by atoms with Crippen LogP contribution in [0.5, 0.6) is 0 Å². The van der Waals surface area contributed by atoms with E-state index in [1.165, 1.54) is 12.1 Å². The largest absolute Gasteiger partial charge is 0.419 e. The highest BCUT2D eigenvalue weighted by molar-refractivity contribution is 5.66. The molecule has 0 saturated carbocycles. The lowest BCUT2D eigenvalue weighted by Crippen LogP contribution is -2.27. The van der Waals surface area contributed by atoms with Crippen LogP contribution in [0, 0.1) is 18.7 Å². The fourth-order valence-corrected chi connectivity index (χ4v) is 3.56. The van der Waals surface area contributed by atoms with Gasteiger partial charge in [0, 0.05) is 11.5 Å². The Morgan fingerprint density at radius 1 is 1.11 bits per heavy atom. The quantitative estimate of drug-likeness (QED) is 0.477. The van der Waals surface area contributed by atoms with E-state index in [1.807, 2.05) is 6.92 Å². The highest BCUT2D eigenvalue weighted by atomic mass is 19.4. The molecule has 3 rings (SSSR count). The summed E-state index contributed by atoms with van der Waals surface area (Å²) in [6, 6.07) is 9.48. The molecule has 0 aromatic heterocycles. The molecule has 2 aromatic rings. The SMILES string of the molecule is Cc1ccc(-c2ccc(CCC3CCC(C=O)CO3)c(C(F)(F)F)c2F)cc1. The van der Waals surface area contributed by atoms with E-state index in [0.29, 0.717) is 31.4 Å². The summed E-state index contributed by atoms with van der Waals surface area (Å²) in [6.45, 7) is 2.15. The smallest absolute Gasteiger partial charge is 0.377 e. The molecule has 2 unspecified atom stereocenters. The monoisotopic (exact) mass is 394 g/mol. The van der Waals surface area contributed by atoms with Crippen molar-refractivity contribution in [3.8, 4) is 11.1 Å². The maximum Gasteiger partial charge on any atom is 0.419 e. The molecule has 150 valence electrons. The Hall–Kier alpha value is -2.21. The summed E-state index contributed by atoms with van der Waals surface area (Å²) in [4.78, 5) is 10.8. The van der Waals surface area contributed by atoms with Gasteiger partial charge in [0.25, 0.3) is 0 Å². The normalized spacial score (nSPS) is 20.2. The van der Waals surface area contributed by atoms with Gasteiger partial charge in [-0.3, -0.25) is 0 Å². The third-order valence-corrected chi connectivity index (χ3v) is 5.21. The maximum atomic E-state index is 14.9. The molecule has 6 heteroatoms. The first-order valence-electron chi connectivity index (χ1n) is 9.32. The number of rotatable bonds is 5. The van der Waals surface area contributed by atoms with E-state index < -0.39 is 17.6 Å². The van der Waals surface area contributed by atoms with Crippen molar-refractivity contribution >= 4 is 6.29 Å². The van der Waals surface area contributed by atoms with Gasteiger partial charge in [0.1, 0.15) is 12.1 Å². The van der Waals surface area contributed by atoms with Gasteiger partial charge in [0.15, 0.2) is 0 Å². The van der Waals surface area contributed by atoms with Gasteiger partial charge in [-0.25, -0.2) is 4.39 Å². The molecule has 0 radical (unpaired) electrons. The molecule has 1 fully saturated rings. The van der Waals surface area contributed by atoms with Crippen molar-refractivity contribution in [3.05, 3.63) is 58.9 Å². The zero-order chi connectivity index (χ0) is 20.3. The van der Waals surface area contributed by atoms with Gasteiger partial charge < -0.3 is 9.53 Å². The van der Waals surface area contributed by atoms with E-state index in [0.717, 1.165) is 11.8 Å². The first kappa shape index (κ1) is 20.5. The fourth-order valence-electron chi connectivity index (χ4n) is 3.56. The van der Waals surface area contributed by atoms with E-state index in [1.54, 1.807) is 24.3 Å². The third-order valence-electron chi connectivity index (χ3n) is 5.21. The van der Waals surface area contributed by atoms with E-state index in [-0.39, 0.29) is 29.6 Å². The topological polar surface area (TPSA) is 26.3 Å². The van der Waals surface area contributed by atoms with Crippen LogP contribution in [0.2, 0.25) is 0 Å². The van der Waals surface area contributed by atoms with Gasteiger partial charge in [0.2, 0.25) is 0 Å². The predicted molar refractivity (Wildman–Crippen MR) is 98.4 cm³/mol. The van der Waals surface area contributed by atoms with Crippen molar-refractivity contribution < 1.29 is 27.1 Å². The van der Waals surface area contributed by atoms with Gasteiger partial charge in [-0.1, -0.05) is 42.0 Å². The number of carbonyl (C=O) groups excluding carboxylic acids is 1. The maximum absolute atomic E-state index is 14.9. The minimum absolute atomic E-state index is 0.0567. The number of benzene rings is 2. The summed E-state index contributed by atoms with van der Waals surface area (Å²) >= 11 is 0. The Morgan fingerprint density at radius 2 is 1.82 bits per heavy atom. The van der Waals surface area contributed by atoms with Crippen LogP contribution in [-0.2, 0) is 22.1 Å². The lowest BCUT2D eigenvalue weighted by molar-refractivity contribution is -0.140. The van der Waals surface area contributed by atoms with E-state index in [2.05, 4.69) is 0 Å². The zero-order valence-corrected chi connectivity index (χ0v) is 15.6. The molecule has 2 atom stereocenters. The van der Waals surface area contributed by atoms with Gasteiger partial charge in [-0.15, -0.1) is 0 Å². The average molecular weight is 394 g/mol. The molecule has 0 N–H and O–H groups in total. The lowest BCUT2D eigenvalue weighted by atomic mass is 9.92. The second-order valence-electron chi connectivity index (χ2n) is 7.29. The van der Waals surface area contributed by atoms with Crippen LogP contribution in [0.1, 0.15) is 36.0 Å². The highest BCUT2D eigenvalue weighted by Gasteiger charge is 2.38. The van der Waals surface area contributed by atoms with Crippen LogP contribution in [0.25, 0.3) is 11.1 Å². The van der Waals surface area contributed by atoms with Crippen molar-refractivity contribution in [2.75, 3.05) is 6.61 Å². The molecule has 0 spiro atoms. The molecule has 1 aliphatic heterocycles. The summed E-state index contributed by atoms with van der Waals surface area (Å²) in [6.07, 6.45) is -2.44. The summed E-state index contributed by atoms with van der Waals surface area (Å²) in [5, 5.41) is 0. The minimum Gasteiger partial charge on any atom is -0.377 e. The van der Waals surface area contributed by atoms with Gasteiger partial charge in [0.05, 0.1) is 18.3 Å². The van der Waals surface area contributed by atoms with Crippen LogP contribution in [0.4, 0.5) is 17.6 Å². The van der Waals surface area contributed by atoms with Crippen molar-refractivity contribution in [3.63, 3.8) is 0 Å². The van der Waals surface area contributed by atoms with E-state index in [4.69, 9.17) is 4.74 Å². The number of hydrogen-bond donors (Lipinski definition) is 0. The summed E-state index contributed by atoms with van der Waals surface area (Å²) in [7, 11) is 0. The first-order valence-corrected chi connectivity index (χ1v) is 9.32. The van der Waals surface area contributed by atoms with E-state index in [9.17, 15) is 22.4 Å². The standard InChI is InChI=1S/C22H22F4O2/c1-14-2-5-16(6-3-14)19-11-8-17(20(21(19)23)22(24,25)26)7-10-18-9-4-15(12-27)13-28-18/h2-3,5-6,8,11-12,15,18H,4,7,9-10,13H2,1H3. The third kappa shape index (κ3) is 4.61. The molecule has 2 aromatic carbocycles. The zero-order valence-electron chi connectivity index (χ0n) is 15.6. The molecule has 1 heterocycles. The highest BCUT2D eigenvalue weighted by Crippen LogP contribution is 2.39. The molecule has 0 amide bonds. The van der Waals surface area contributed by atoms with Gasteiger partial charge in [-0.05, 0) is 43.7 Å². The van der Waals surface area contributed by atoms with Crippen molar-refractivity contribution in [1.82, 2.24) is 0 Å². The Bertz CT molecular complexity index is 820. The van der Waals surface area contributed by atoms with Crippen LogP contribution < -0.4 is 0 Å². The molecule has 0 bridgehead atoms. The Morgan fingerprint density at radius 3 is 2.39 bits per heavy atom. The number of alkyl halides is 3. The Kier molecular flexibility index (Phi) is 6.18. The molecule has 2 nitrogen and oxygen atoms in total. The van der Waals surface area contributed by atoms with Gasteiger partial charge >= 0.3 is 6.18 Å². The molecule has 0 aliphatic carbocycles. The van der Waals surface area contributed by atoms with Crippen LogP contribution >= 0.6 is 0 Å². The number of halogens is 4. The Labute approximate surface area is 161 Å². The number of ether oxygens (including phenoxy) is 1. The summed E-state index contributed by atoms with van der Waals surface area (Å²) in [5.74, 6) is -1.38. The number of aldehydes is 1. The minimum atomic E-state index is -4.78.